The van der Waals surface area contributed by atoms with Gasteiger partial charge < -0.3 is 19.7 Å². The van der Waals surface area contributed by atoms with E-state index in [2.05, 4.69) is 21.2 Å². The van der Waals surface area contributed by atoms with Gasteiger partial charge in [0.2, 0.25) is 18.6 Å². The largest absolute Gasteiger partial charge is 0.454 e. The third-order valence-electron chi connectivity index (χ3n) is 4.63. The number of nitrogens with one attached hydrogen (secondary N) is 1. The number of amides is 2. The van der Waals surface area contributed by atoms with Gasteiger partial charge in [-0.3, -0.25) is 9.59 Å². The van der Waals surface area contributed by atoms with Crippen LogP contribution in [0.15, 0.2) is 40.9 Å². The van der Waals surface area contributed by atoms with Crippen LogP contribution in [-0.4, -0.2) is 25.2 Å². The number of carbonyl (C=O) groups is 2. The number of halogens is 2. The van der Waals surface area contributed by atoms with Crippen molar-refractivity contribution in [2.75, 3.05) is 18.2 Å². The van der Waals surface area contributed by atoms with E-state index in [1.807, 2.05) is 6.07 Å². The highest BCUT2D eigenvalue weighted by Gasteiger charge is 2.38. The average molecular weight is 435 g/mol. The van der Waals surface area contributed by atoms with Gasteiger partial charge in [-0.05, 0) is 42.3 Å². The van der Waals surface area contributed by atoms with Crippen LogP contribution in [-0.2, 0) is 16.1 Å². The Balaban J connectivity index is 1.40. The van der Waals surface area contributed by atoms with Gasteiger partial charge >= 0.3 is 0 Å². The maximum absolute atomic E-state index is 14.1. The molecule has 8 heteroatoms. The average Bonchev–Trinajstić information content (AvgIpc) is 3.26. The lowest BCUT2D eigenvalue weighted by Gasteiger charge is -2.17. The predicted molar refractivity (Wildman–Crippen MR) is 99.0 cm³/mol. The van der Waals surface area contributed by atoms with E-state index in [0.29, 0.717) is 28.9 Å². The highest BCUT2D eigenvalue weighted by molar-refractivity contribution is 9.10. The number of fused-ring (bicyclic) bond motifs is 1. The van der Waals surface area contributed by atoms with E-state index in [1.165, 1.54) is 17.0 Å². The summed E-state index contributed by atoms with van der Waals surface area (Å²) in [6, 6.07) is 9.90. The third kappa shape index (κ3) is 3.49. The van der Waals surface area contributed by atoms with E-state index in [-0.39, 0.29) is 30.8 Å². The fourth-order valence-electron chi connectivity index (χ4n) is 3.23. The lowest BCUT2D eigenvalue weighted by atomic mass is 10.1. The van der Waals surface area contributed by atoms with Crippen LogP contribution in [0, 0.1) is 11.7 Å². The van der Waals surface area contributed by atoms with Gasteiger partial charge in [0.25, 0.3) is 0 Å². The molecule has 6 nitrogen and oxygen atoms in total. The molecule has 0 saturated carbocycles. The van der Waals surface area contributed by atoms with Crippen molar-refractivity contribution < 1.29 is 23.5 Å². The normalized spacial score (nSPS) is 18.1. The summed E-state index contributed by atoms with van der Waals surface area (Å²) in [6.07, 6.45) is 0.349. The molecule has 1 fully saturated rings. The number of hydrogen-bond donors (Lipinski definition) is 1. The number of nitrogens with zero attached hydrogens (tertiary/aromatic N) is 1. The van der Waals surface area contributed by atoms with Crippen molar-refractivity contribution in [1.82, 2.24) is 5.32 Å². The van der Waals surface area contributed by atoms with E-state index in [0.717, 1.165) is 5.56 Å². The lowest BCUT2D eigenvalue weighted by Crippen LogP contribution is -2.36. The van der Waals surface area contributed by atoms with Crippen molar-refractivity contribution in [1.29, 1.82) is 0 Å². The molecular formula is C19H16BrFN2O4. The number of ether oxygens (including phenoxy) is 2. The molecule has 2 aliphatic heterocycles. The number of carbonyl (C=O) groups excluding carboxylic acids is 2. The van der Waals surface area contributed by atoms with Gasteiger partial charge in [0, 0.05) is 17.6 Å². The molecule has 2 aromatic rings. The van der Waals surface area contributed by atoms with Crippen molar-refractivity contribution in [3.8, 4) is 11.5 Å². The number of benzene rings is 2. The van der Waals surface area contributed by atoms with Crippen molar-refractivity contribution in [2.24, 2.45) is 5.92 Å². The number of rotatable bonds is 4. The minimum Gasteiger partial charge on any atom is -0.454 e. The van der Waals surface area contributed by atoms with Crippen LogP contribution in [0.5, 0.6) is 11.5 Å². The fraction of sp³-hybridized carbons (Fsp3) is 0.263. The predicted octanol–water partition coefficient (Wildman–Crippen LogP) is 2.99. The van der Waals surface area contributed by atoms with Crippen LogP contribution in [0.4, 0.5) is 10.1 Å². The zero-order valence-electron chi connectivity index (χ0n) is 14.2. The Morgan fingerprint density at radius 1 is 1.22 bits per heavy atom. The lowest BCUT2D eigenvalue weighted by molar-refractivity contribution is -0.132. The molecule has 1 N–H and O–H groups in total. The van der Waals surface area contributed by atoms with Gasteiger partial charge in [0.15, 0.2) is 11.5 Å². The molecule has 1 saturated heterocycles. The Morgan fingerprint density at radius 2 is 2.04 bits per heavy atom. The van der Waals surface area contributed by atoms with Crippen LogP contribution < -0.4 is 19.7 Å². The number of hydrogen-bond acceptors (Lipinski definition) is 4. The van der Waals surface area contributed by atoms with E-state index in [9.17, 15) is 14.0 Å². The summed E-state index contributed by atoms with van der Waals surface area (Å²) in [5, 5.41) is 2.77. The quantitative estimate of drug-likeness (QED) is 0.751. The Bertz CT molecular complexity index is 921. The Kier molecular flexibility index (Phi) is 4.73. The van der Waals surface area contributed by atoms with Gasteiger partial charge in [-0.2, -0.15) is 0 Å². The molecule has 0 radical (unpaired) electrons. The van der Waals surface area contributed by atoms with E-state index in [4.69, 9.17) is 9.47 Å². The molecule has 1 atom stereocenters. The van der Waals surface area contributed by atoms with Gasteiger partial charge in [-0.25, -0.2) is 4.39 Å². The first-order valence-corrected chi connectivity index (χ1v) is 9.25. The zero-order chi connectivity index (χ0) is 19.0. The van der Waals surface area contributed by atoms with Crippen LogP contribution in [0.2, 0.25) is 0 Å². The Labute approximate surface area is 163 Å². The highest BCUT2D eigenvalue weighted by Crippen LogP contribution is 2.33. The van der Waals surface area contributed by atoms with Crippen LogP contribution in [0.25, 0.3) is 0 Å². The monoisotopic (exact) mass is 434 g/mol. The molecular weight excluding hydrogens is 419 g/mol. The Morgan fingerprint density at radius 3 is 2.85 bits per heavy atom. The van der Waals surface area contributed by atoms with Crippen LogP contribution in [0.1, 0.15) is 12.0 Å². The second kappa shape index (κ2) is 7.19. The van der Waals surface area contributed by atoms with Gasteiger partial charge in [-0.1, -0.05) is 22.0 Å². The van der Waals surface area contributed by atoms with Crippen molar-refractivity contribution in [2.45, 2.75) is 13.0 Å². The zero-order valence-corrected chi connectivity index (χ0v) is 15.8. The minimum atomic E-state index is -0.818. The molecule has 2 amide bonds. The summed E-state index contributed by atoms with van der Waals surface area (Å²) in [7, 11) is 0. The molecule has 0 aromatic heterocycles. The molecule has 140 valence electrons. The van der Waals surface area contributed by atoms with E-state index in [1.54, 1.807) is 18.2 Å². The van der Waals surface area contributed by atoms with Crippen molar-refractivity contribution in [3.63, 3.8) is 0 Å². The first-order valence-electron chi connectivity index (χ1n) is 8.45. The van der Waals surface area contributed by atoms with Crippen LogP contribution >= 0.6 is 15.9 Å². The molecule has 2 aliphatic rings. The molecule has 0 aliphatic carbocycles. The molecule has 2 aromatic carbocycles. The minimum absolute atomic E-state index is 0.185. The molecule has 27 heavy (non-hydrogen) atoms. The van der Waals surface area contributed by atoms with E-state index >= 15 is 0 Å². The summed E-state index contributed by atoms with van der Waals surface area (Å²) in [4.78, 5) is 26.4. The first-order chi connectivity index (χ1) is 13.0. The smallest absolute Gasteiger partial charge is 0.239 e. The summed E-state index contributed by atoms with van der Waals surface area (Å²) < 4.78 is 25.3. The second-order valence-corrected chi connectivity index (χ2v) is 7.25. The fourth-order valence-corrected chi connectivity index (χ4v) is 3.56. The molecule has 1 unspecified atom stereocenters. The molecule has 0 bridgehead atoms. The van der Waals surface area contributed by atoms with Gasteiger partial charge in [0.1, 0.15) is 11.7 Å². The maximum Gasteiger partial charge on any atom is 0.239 e. The van der Waals surface area contributed by atoms with Gasteiger partial charge in [-0.15, -0.1) is 0 Å². The van der Waals surface area contributed by atoms with Crippen LogP contribution in [0.3, 0.4) is 0 Å². The van der Waals surface area contributed by atoms with Gasteiger partial charge in [0.05, 0.1) is 5.69 Å². The third-order valence-corrected chi connectivity index (χ3v) is 5.12. The molecule has 2 heterocycles. The standard InChI is InChI=1S/C19H16BrFN2O4/c20-12-2-3-15(14(21)8-12)23-6-5-13(19(23)25)18(24)22-9-11-1-4-16-17(7-11)27-10-26-16/h1-4,7-8,13H,5-6,9-10H2,(H,22,24). The molecule has 0 spiro atoms. The summed E-state index contributed by atoms with van der Waals surface area (Å²) in [5.74, 6) is -0.767. The Hall–Kier alpha value is -2.61. The summed E-state index contributed by atoms with van der Waals surface area (Å²) >= 11 is 3.19. The topological polar surface area (TPSA) is 67.9 Å². The van der Waals surface area contributed by atoms with Crippen molar-refractivity contribution in [3.05, 3.63) is 52.3 Å². The van der Waals surface area contributed by atoms with E-state index < -0.39 is 11.7 Å². The first kappa shape index (κ1) is 17.8. The summed E-state index contributed by atoms with van der Waals surface area (Å²) in [6.45, 7) is 0.759. The summed E-state index contributed by atoms with van der Waals surface area (Å²) in [5.41, 5.74) is 1.03. The highest BCUT2D eigenvalue weighted by atomic mass is 79.9. The maximum atomic E-state index is 14.1. The van der Waals surface area contributed by atoms with Crippen molar-refractivity contribution >= 4 is 33.4 Å². The molecule has 4 rings (SSSR count). The number of anilines is 1. The second-order valence-electron chi connectivity index (χ2n) is 6.33. The SMILES string of the molecule is O=C(NCc1ccc2c(c1)OCO2)C1CCN(c2ccc(Br)cc2F)C1=O.